The highest BCUT2D eigenvalue weighted by molar-refractivity contribution is 5.19. The lowest BCUT2D eigenvalue weighted by Gasteiger charge is -2.16. The predicted molar refractivity (Wildman–Crippen MR) is 79.9 cm³/mol. The normalized spacial score (nSPS) is 19.7. The summed E-state index contributed by atoms with van der Waals surface area (Å²) < 4.78 is 11.1. The molecule has 1 aromatic rings. The topological polar surface area (TPSA) is 34.6 Å². The molecule has 1 fully saturated rings. The average Bonchev–Trinajstić information content (AvgIpc) is 2.87. The second-order valence-corrected chi connectivity index (χ2v) is 5.89. The van der Waals surface area contributed by atoms with Crippen molar-refractivity contribution in [1.29, 1.82) is 0 Å². The summed E-state index contributed by atoms with van der Waals surface area (Å²) in [6.07, 6.45) is 4.46. The molecule has 1 aromatic heterocycles. The molecular weight excluding hydrogens is 252 g/mol. The molecule has 0 unspecified atom stereocenters. The maximum atomic E-state index is 5.94. The fraction of sp³-hybridized carbons (Fsp3) is 0.688. The van der Waals surface area contributed by atoms with Crippen LogP contribution < -0.4 is 4.74 Å². The van der Waals surface area contributed by atoms with Gasteiger partial charge in [-0.05, 0) is 30.9 Å². The predicted octanol–water partition coefficient (Wildman–Crippen LogP) is 2.73. The Morgan fingerprint density at radius 2 is 2.25 bits per heavy atom. The van der Waals surface area contributed by atoms with Crippen LogP contribution in [0.5, 0.6) is 5.75 Å². The number of ether oxygens (including phenoxy) is 2. The van der Waals surface area contributed by atoms with Gasteiger partial charge in [-0.15, -0.1) is 0 Å². The lowest BCUT2D eigenvalue weighted by atomic mass is 10.1. The van der Waals surface area contributed by atoms with Crippen molar-refractivity contribution >= 4 is 0 Å². The fourth-order valence-corrected chi connectivity index (χ4v) is 2.40. The number of methoxy groups -OCH3 is 1. The number of nitrogens with zero attached hydrogens (tertiary/aromatic N) is 2. The van der Waals surface area contributed by atoms with Crippen molar-refractivity contribution in [3.63, 3.8) is 0 Å². The molecule has 0 spiro atoms. The molecule has 20 heavy (non-hydrogen) atoms. The number of rotatable bonds is 7. The number of aromatic nitrogens is 1. The van der Waals surface area contributed by atoms with Gasteiger partial charge in [0.05, 0.1) is 25.1 Å². The second-order valence-electron chi connectivity index (χ2n) is 5.89. The molecule has 0 amide bonds. The molecule has 0 aromatic carbocycles. The Balaban J connectivity index is 1.72. The van der Waals surface area contributed by atoms with E-state index in [1.807, 2.05) is 12.1 Å². The highest BCUT2D eigenvalue weighted by Gasteiger charge is 2.23. The molecule has 2 heterocycles. The van der Waals surface area contributed by atoms with E-state index >= 15 is 0 Å². The fourth-order valence-electron chi connectivity index (χ4n) is 2.40. The Labute approximate surface area is 122 Å². The van der Waals surface area contributed by atoms with Gasteiger partial charge < -0.3 is 9.47 Å². The average molecular weight is 278 g/mol. The van der Waals surface area contributed by atoms with Crippen LogP contribution in [0.1, 0.15) is 32.4 Å². The van der Waals surface area contributed by atoms with E-state index in [0.29, 0.717) is 6.10 Å². The largest absolute Gasteiger partial charge is 0.495 e. The van der Waals surface area contributed by atoms with E-state index in [1.165, 1.54) is 0 Å². The second kappa shape index (κ2) is 7.60. The van der Waals surface area contributed by atoms with Crippen LogP contribution in [0, 0.1) is 5.92 Å². The Hall–Kier alpha value is -1.13. The van der Waals surface area contributed by atoms with Crippen molar-refractivity contribution < 1.29 is 9.47 Å². The van der Waals surface area contributed by atoms with E-state index in [2.05, 4.69) is 23.7 Å². The van der Waals surface area contributed by atoms with Crippen molar-refractivity contribution in [3.8, 4) is 5.75 Å². The van der Waals surface area contributed by atoms with Crippen molar-refractivity contribution in [3.05, 3.63) is 24.0 Å². The zero-order valence-corrected chi connectivity index (χ0v) is 12.8. The van der Waals surface area contributed by atoms with Crippen LogP contribution in [0.25, 0.3) is 0 Å². The summed E-state index contributed by atoms with van der Waals surface area (Å²) >= 11 is 0. The van der Waals surface area contributed by atoms with Crippen LogP contribution in [-0.4, -0.2) is 42.8 Å². The van der Waals surface area contributed by atoms with Gasteiger partial charge in [-0.1, -0.05) is 13.8 Å². The molecule has 1 aliphatic rings. The monoisotopic (exact) mass is 278 g/mol. The third-order valence-electron chi connectivity index (χ3n) is 3.70. The highest BCUT2D eigenvalue weighted by Crippen LogP contribution is 2.17. The van der Waals surface area contributed by atoms with Crippen LogP contribution in [0.4, 0.5) is 0 Å². The summed E-state index contributed by atoms with van der Waals surface area (Å²) in [4.78, 5) is 6.83. The zero-order chi connectivity index (χ0) is 14.4. The first-order valence-corrected chi connectivity index (χ1v) is 7.50. The maximum absolute atomic E-state index is 5.94. The summed E-state index contributed by atoms with van der Waals surface area (Å²) in [7, 11) is 1.66. The molecule has 0 N–H and O–H groups in total. The van der Waals surface area contributed by atoms with E-state index in [9.17, 15) is 0 Å². The number of pyridine rings is 1. The number of likely N-dealkylation sites (tertiary alicyclic amines) is 1. The van der Waals surface area contributed by atoms with E-state index in [0.717, 1.165) is 56.4 Å². The van der Waals surface area contributed by atoms with Crippen LogP contribution >= 0.6 is 0 Å². The van der Waals surface area contributed by atoms with E-state index in [-0.39, 0.29) is 0 Å². The Bertz CT molecular complexity index is 392. The molecule has 2 rings (SSSR count). The third-order valence-corrected chi connectivity index (χ3v) is 3.70. The minimum absolute atomic E-state index is 0.395. The van der Waals surface area contributed by atoms with Gasteiger partial charge in [0.1, 0.15) is 5.75 Å². The maximum Gasteiger partial charge on any atom is 0.137 e. The molecule has 4 heteroatoms. The quantitative estimate of drug-likeness (QED) is 0.768. The molecule has 4 nitrogen and oxygen atoms in total. The molecule has 1 saturated heterocycles. The van der Waals surface area contributed by atoms with Gasteiger partial charge in [0, 0.05) is 26.2 Å². The first-order chi connectivity index (χ1) is 9.67. The standard InChI is InChI=1S/C16H26N2O2/c1-13(2)7-9-20-16-6-8-18(12-16)11-14-4-5-15(19-3)10-17-14/h4-5,10,13,16H,6-9,11-12H2,1-3H3/t16-/m1/s1. The molecule has 0 bridgehead atoms. The third kappa shape index (κ3) is 4.76. The first-order valence-electron chi connectivity index (χ1n) is 7.50. The van der Waals surface area contributed by atoms with Crippen LogP contribution in [-0.2, 0) is 11.3 Å². The Morgan fingerprint density at radius 3 is 2.90 bits per heavy atom. The van der Waals surface area contributed by atoms with Crippen LogP contribution in [0.15, 0.2) is 18.3 Å². The summed E-state index contributed by atoms with van der Waals surface area (Å²) in [6.45, 7) is 8.37. The van der Waals surface area contributed by atoms with Gasteiger partial charge in [-0.2, -0.15) is 0 Å². The SMILES string of the molecule is COc1ccc(CN2CC[C@@H](OCCC(C)C)C2)nc1. The van der Waals surface area contributed by atoms with Crippen LogP contribution in [0.3, 0.4) is 0 Å². The highest BCUT2D eigenvalue weighted by atomic mass is 16.5. The van der Waals surface area contributed by atoms with E-state index in [1.54, 1.807) is 13.3 Å². The van der Waals surface area contributed by atoms with Gasteiger partial charge in [0.2, 0.25) is 0 Å². The molecule has 1 atom stereocenters. The Morgan fingerprint density at radius 1 is 1.40 bits per heavy atom. The van der Waals surface area contributed by atoms with Gasteiger partial charge in [0.25, 0.3) is 0 Å². The van der Waals surface area contributed by atoms with Crippen LogP contribution in [0.2, 0.25) is 0 Å². The van der Waals surface area contributed by atoms with Crippen molar-refractivity contribution in [2.75, 3.05) is 26.8 Å². The Kier molecular flexibility index (Phi) is 5.80. The van der Waals surface area contributed by atoms with Crippen molar-refractivity contribution in [1.82, 2.24) is 9.88 Å². The number of hydrogen-bond donors (Lipinski definition) is 0. The summed E-state index contributed by atoms with van der Waals surface area (Å²) in [5.41, 5.74) is 1.09. The molecular formula is C16H26N2O2. The molecule has 0 radical (unpaired) electrons. The minimum atomic E-state index is 0.395. The first kappa shape index (κ1) is 15.3. The zero-order valence-electron chi connectivity index (χ0n) is 12.8. The lowest BCUT2D eigenvalue weighted by Crippen LogP contribution is -2.23. The number of hydrogen-bond acceptors (Lipinski definition) is 4. The molecule has 0 saturated carbocycles. The van der Waals surface area contributed by atoms with Crippen molar-refractivity contribution in [2.45, 2.75) is 39.3 Å². The molecule has 112 valence electrons. The van der Waals surface area contributed by atoms with Gasteiger partial charge in [-0.25, -0.2) is 0 Å². The van der Waals surface area contributed by atoms with E-state index < -0.39 is 0 Å². The molecule has 1 aliphatic heterocycles. The lowest BCUT2D eigenvalue weighted by molar-refractivity contribution is 0.0517. The molecule has 0 aliphatic carbocycles. The summed E-state index contributed by atoms with van der Waals surface area (Å²) in [6, 6.07) is 4.00. The minimum Gasteiger partial charge on any atom is -0.495 e. The van der Waals surface area contributed by atoms with Gasteiger partial charge >= 0.3 is 0 Å². The van der Waals surface area contributed by atoms with Crippen molar-refractivity contribution in [2.24, 2.45) is 5.92 Å². The summed E-state index contributed by atoms with van der Waals surface area (Å²) in [5.74, 6) is 1.53. The smallest absolute Gasteiger partial charge is 0.137 e. The van der Waals surface area contributed by atoms with Gasteiger partial charge in [-0.3, -0.25) is 9.88 Å². The van der Waals surface area contributed by atoms with E-state index in [4.69, 9.17) is 9.47 Å². The van der Waals surface area contributed by atoms with Gasteiger partial charge in [0.15, 0.2) is 0 Å². The summed E-state index contributed by atoms with van der Waals surface area (Å²) in [5, 5.41) is 0.